The summed E-state index contributed by atoms with van der Waals surface area (Å²) < 4.78 is 26.5. The summed E-state index contributed by atoms with van der Waals surface area (Å²) in [6.07, 6.45) is 4.18. The zero-order valence-electron chi connectivity index (χ0n) is 9.54. The van der Waals surface area contributed by atoms with Crippen LogP contribution in [0, 0.1) is 0 Å². The van der Waals surface area contributed by atoms with Crippen LogP contribution in [0.25, 0.3) is 0 Å². The van der Waals surface area contributed by atoms with Crippen molar-refractivity contribution in [2.45, 2.75) is 37.8 Å². The summed E-state index contributed by atoms with van der Waals surface area (Å²) >= 11 is 0. The molecule has 0 bridgehead atoms. The van der Waals surface area contributed by atoms with Gasteiger partial charge in [0.05, 0.1) is 5.75 Å². The second-order valence-electron chi connectivity index (χ2n) is 4.74. The van der Waals surface area contributed by atoms with Crippen molar-refractivity contribution >= 4 is 10.0 Å². The van der Waals surface area contributed by atoms with Crippen LogP contribution in [0.2, 0.25) is 0 Å². The van der Waals surface area contributed by atoms with Crippen LogP contribution in [0.5, 0.6) is 0 Å². The first-order valence-electron chi connectivity index (χ1n) is 6.10. The average molecular weight is 247 g/mol. The Labute approximate surface area is 97.4 Å². The molecule has 94 valence electrons. The molecule has 2 unspecified atom stereocenters. The molecule has 0 aromatic rings. The molecule has 2 aliphatic heterocycles. The molecule has 6 heteroatoms. The van der Waals surface area contributed by atoms with E-state index in [-0.39, 0.29) is 17.8 Å². The van der Waals surface area contributed by atoms with Gasteiger partial charge < -0.3 is 10.6 Å². The summed E-state index contributed by atoms with van der Waals surface area (Å²) in [5.41, 5.74) is 0. The van der Waals surface area contributed by atoms with Crippen molar-refractivity contribution in [3.63, 3.8) is 0 Å². The molecule has 3 N–H and O–H groups in total. The highest BCUT2D eigenvalue weighted by atomic mass is 32.2. The molecule has 0 radical (unpaired) electrons. The standard InChI is InChI=1S/C10H21N3O2S/c14-16(15,13-9-4-6-11-7-9)8-10-3-1-2-5-12-10/h9-13H,1-8H2. The highest BCUT2D eigenvalue weighted by molar-refractivity contribution is 7.89. The van der Waals surface area contributed by atoms with E-state index in [1.165, 1.54) is 0 Å². The van der Waals surface area contributed by atoms with Gasteiger partial charge in [0.15, 0.2) is 0 Å². The Hall–Kier alpha value is -0.170. The van der Waals surface area contributed by atoms with Crippen LogP contribution in [0.1, 0.15) is 25.7 Å². The van der Waals surface area contributed by atoms with Gasteiger partial charge in [-0.1, -0.05) is 6.42 Å². The number of piperidine rings is 1. The normalized spacial score (nSPS) is 31.8. The molecule has 2 fully saturated rings. The molecular weight excluding hydrogens is 226 g/mol. The molecule has 2 rings (SSSR count). The van der Waals surface area contributed by atoms with Gasteiger partial charge in [0, 0.05) is 18.6 Å². The SMILES string of the molecule is O=S(=O)(CC1CCCCN1)NC1CCNC1. The number of sulfonamides is 1. The molecule has 0 amide bonds. The lowest BCUT2D eigenvalue weighted by atomic mass is 10.1. The van der Waals surface area contributed by atoms with Crippen molar-refractivity contribution < 1.29 is 8.42 Å². The maximum absolute atomic E-state index is 11.9. The number of hydrogen-bond acceptors (Lipinski definition) is 4. The lowest BCUT2D eigenvalue weighted by molar-refractivity contribution is 0.421. The average Bonchev–Trinajstić information content (AvgIpc) is 2.70. The van der Waals surface area contributed by atoms with Gasteiger partial charge in [-0.05, 0) is 32.4 Å². The second-order valence-corrected chi connectivity index (χ2v) is 6.53. The van der Waals surface area contributed by atoms with E-state index in [4.69, 9.17) is 0 Å². The molecule has 2 saturated heterocycles. The van der Waals surface area contributed by atoms with Crippen LogP contribution < -0.4 is 15.4 Å². The highest BCUT2D eigenvalue weighted by Crippen LogP contribution is 2.09. The Morgan fingerprint density at radius 3 is 2.69 bits per heavy atom. The van der Waals surface area contributed by atoms with E-state index in [0.717, 1.165) is 45.3 Å². The Balaban J connectivity index is 1.81. The Morgan fingerprint density at radius 2 is 2.06 bits per heavy atom. The minimum Gasteiger partial charge on any atom is -0.315 e. The zero-order chi connectivity index (χ0) is 11.4. The molecule has 2 aliphatic rings. The molecule has 0 saturated carbocycles. The topological polar surface area (TPSA) is 70.2 Å². The fourth-order valence-corrected chi connectivity index (χ4v) is 4.01. The van der Waals surface area contributed by atoms with E-state index in [1.807, 2.05) is 0 Å². The van der Waals surface area contributed by atoms with Gasteiger partial charge in [-0.15, -0.1) is 0 Å². The van der Waals surface area contributed by atoms with Crippen LogP contribution >= 0.6 is 0 Å². The fourth-order valence-electron chi connectivity index (χ4n) is 2.39. The van der Waals surface area contributed by atoms with Gasteiger partial charge in [-0.3, -0.25) is 0 Å². The first-order chi connectivity index (χ1) is 7.66. The third kappa shape index (κ3) is 3.69. The largest absolute Gasteiger partial charge is 0.315 e. The van der Waals surface area contributed by atoms with Crippen molar-refractivity contribution in [3.05, 3.63) is 0 Å². The predicted molar refractivity (Wildman–Crippen MR) is 63.8 cm³/mol. The van der Waals surface area contributed by atoms with Crippen molar-refractivity contribution in [1.29, 1.82) is 0 Å². The smallest absolute Gasteiger partial charge is 0.213 e. The maximum Gasteiger partial charge on any atom is 0.213 e. The van der Waals surface area contributed by atoms with Gasteiger partial charge in [-0.25, -0.2) is 13.1 Å². The Morgan fingerprint density at radius 1 is 1.19 bits per heavy atom. The van der Waals surface area contributed by atoms with E-state index in [0.29, 0.717) is 0 Å². The summed E-state index contributed by atoms with van der Waals surface area (Å²) in [6.45, 7) is 2.62. The number of hydrogen-bond donors (Lipinski definition) is 3. The number of nitrogens with one attached hydrogen (secondary N) is 3. The summed E-state index contributed by atoms with van der Waals surface area (Å²) in [4.78, 5) is 0. The fraction of sp³-hybridized carbons (Fsp3) is 1.00. The lowest BCUT2D eigenvalue weighted by Crippen LogP contribution is -2.45. The first kappa shape index (κ1) is 12.3. The third-order valence-corrected chi connectivity index (χ3v) is 4.77. The van der Waals surface area contributed by atoms with Gasteiger partial charge in [-0.2, -0.15) is 0 Å². The second kappa shape index (κ2) is 5.44. The Bertz CT molecular complexity index is 306. The van der Waals surface area contributed by atoms with E-state index >= 15 is 0 Å². The van der Waals surface area contributed by atoms with E-state index < -0.39 is 10.0 Å². The summed E-state index contributed by atoms with van der Waals surface area (Å²) in [7, 11) is -3.12. The minimum atomic E-state index is -3.12. The van der Waals surface area contributed by atoms with Gasteiger partial charge in [0.2, 0.25) is 10.0 Å². The minimum absolute atomic E-state index is 0.0913. The van der Waals surface area contributed by atoms with Crippen LogP contribution in [0.3, 0.4) is 0 Å². The molecular formula is C10H21N3O2S. The van der Waals surface area contributed by atoms with Crippen molar-refractivity contribution in [2.75, 3.05) is 25.4 Å². The van der Waals surface area contributed by atoms with Crippen LogP contribution in [-0.4, -0.2) is 45.9 Å². The van der Waals surface area contributed by atoms with Gasteiger partial charge in [0.25, 0.3) is 0 Å². The van der Waals surface area contributed by atoms with Crippen molar-refractivity contribution in [1.82, 2.24) is 15.4 Å². The lowest BCUT2D eigenvalue weighted by Gasteiger charge is -2.24. The predicted octanol–water partition coefficient (Wildman–Crippen LogP) is -0.590. The molecule has 2 heterocycles. The summed E-state index contributed by atoms with van der Waals surface area (Å²) in [5, 5.41) is 6.42. The molecule has 0 spiro atoms. The molecule has 0 aliphatic carbocycles. The summed E-state index contributed by atoms with van der Waals surface area (Å²) in [6, 6.07) is 0.231. The van der Waals surface area contributed by atoms with E-state index in [9.17, 15) is 8.42 Å². The van der Waals surface area contributed by atoms with Crippen LogP contribution in [0.4, 0.5) is 0 Å². The van der Waals surface area contributed by atoms with E-state index in [2.05, 4.69) is 15.4 Å². The van der Waals surface area contributed by atoms with Crippen molar-refractivity contribution in [3.8, 4) is 0 Å². The quantitative estimate of drug-likeness (QED) is 0.621. The molecule has 5 nitrogen and oxygen atoms in total. The maximum atomic E-state index is 11.9. The van der Waals surface area contributed by atoms with Gasteiger partial charge >= 0.3 is 0 Å². The summed E-state index contributed by atoms with van der Waals surface area (Å²) in [5.74, 6) is 0.226. The molecule has 0 aromatic carbocycles. The van der Waals surface area contributed by atoms with Crippen molar-refractivity contribution in [2.24, 2.45) is 0 Å². The number of rotatable bonds is 4. The monoisotopic (exact) mass is 247 g/mol. The Kier molecular flexibility index (Phi) is 4.18. The molecule has 16 heavy (non-hydrogen) atoms. The highest BCUT2D eigenvalue weighted by Gasteiger charge is 2.25. The first-order valence-corrected chi connectivity index (χ1v) is 7.75. The van der Waals surface area contributed by atoms with Gasteiger partial charge in [0.1, 0.15) is 0 Å². The molecule has 2 atom stereocenters. The molecule has 0 aromatic heterocycles. The van der Waals surface area contributed by atoms with E-state index in [1.54, 1.807) is 0 Å². The van der Waals surface area contributed by atoms with Crippen LogP contribution in [0.15, 0.2) is 0 Å². The third-order valence-electron chi connectivity index (χ3n) is 3.24. The zero-order valence-corrected chi connectivity index (χ0v) is 10.4. The van der Waals surface area contributed by atoms with Crippen LogP contribution in [-0.2, 0) is 10.0 Å².